The maximum absolute atomic E-state index is 12.3. The number of sulfonamides is 1. The van der Waals surface area contributed by atoms with Crippen LogP contribution in [0.1, 0.15) is 26.3 Å². The van der Waals surface area contributed by atoms with Gasteiger partial charge < -0.3 is 10.2 Å². The van der Waals surface area contributed by atoms with Crippen LogP contribution in [0.25, 0.3) is 0 Å². The normalized spacial score (nSPS) is 19.4. The second kappa shape index (κ2) is 8.79. The zero-order valence-electron chi connectivity index (χ0n) is 16.9. The summed E-state index contributed by atoms with van der Waals surface area (Å²) in [6.45, 7) is 9.01. The summed E-state index contributed by atoms with van der Waals surface area (Å²) in [7, 11) is -6.72. The van der Waals surface area contributed by atoms with E-state index in [1.165, 1.54) is 0 Å². The number of aryl methyl sites for hydroxylation is 1. The van der Waals surface area contributed by atoms with E-state index in [1.807, 2.05) is 18.7 Å². The fourth-order valence-electron chi connectivity index (χ4n) is 2.89. The molecule has 0 atom stereocenters. The molecule has 0 radical (unpaired) electrons. The van der Waals surface area contributed by atoms with Gasteiger partial charge in [-0.2, -0.15) is 0 Å². The highest BCUT2D eigenvalue weighted by molar-refractivity contribution is 7.92. The van der Waals surface area contributed by atoms with Crippen LogP contribution in [0, 0.1) is 6.92 Å². The fourth-order valence-corrected chi connectivity index (χ4v) is 5.28. The summed E-state index contributed by atoms with van der Waals surface area (Å²) in [5.41, 5.74) is 0.991. The number of aliphatic imine (C=N–C) groups is 1. The van der Waals surface area contributed by atoms with Crippen molar-refractivity contribution in [1.29, 1.82) is 0 Å². The Morgan fingerprint density at radius 2 is 1.89 bits per heavy atom. The molecule has 1 heterocycles. The van der Waals surface area contributed by atoms with E-state index in [9.17, 15) is 16.8 Å². The Morgan fingerprint density at radius 1 is 1.25 bits per heavy atom. The number of hydrogen-bond donors (Lipinski definition) is 2. The lowest BCUT2D eigenvalue weighted by Crippen LogP contribution is -2.57. The van der Waals surface area contributed by atoms with Crippen LogP contribution in [-0.2, 0) is 19.9 Å². The van der Waals surface area contributed by atoms with E-state index >= 15 is 0 Å². The van der Waals surface area contributed by atoms with Gasteiger partial charge in [0.2, 0.25) is 10.0 Å². The lowest BCUT2D eigenvalue weighted by molar-refractivity contribution is 0.353. The summed E-state index contributed by atoms with van der Waals surface area (Å²) in [6, 6.07) is 6.65. The van der Waals surface area contributed by atoms with Crippen LogP contribution >= 0.6 is 0 Å². The highest BCUT2D eigenvalue weighted by Crippen LogP contribution is 2.23. The first-order chi connectivity index (χ1) is 13.0. The van der Waals surface area contributed by atoms with Crippen LogP contribution in [0.5, 0.6) is 0 Å². The molecule has 0 amide bonds. The first-order valence-electron chi connectivity index (χ1n) is 9.30. The second-order valence-corrected chi connectivity index (χ2v) is 12.0. The molecule has 1 aliphatic heterocycles. The van der Waals surface area contributed by atoms with Gasteiger partial charge in [0.15, 0.2) is 15.8 Å². The van der Waals surface area contributed by atoms with E-state index in [1.54, 1.807) is 38.1 Å². The maximum atomic E-state index is 12.3. The van der Waals surface area contributed by atoms with Gasteiger partial charge in [0.05, 0.1) is 21.9 Å². The lowest BCUT2D eigenvalue weighted by Gasteiger charge is -2.39. The molecule has 0 aliphatic carbocycles. The van der Waals surface area contributed by atoms with Crippen LogP contribution in [0.3, 0.4) is 0 Å². The van der Waals surface area contributed by atoms with Gasteiger partial charge in [0.1, 0.15) is 0 Å². The predicted octanol–water partition coefficient (Wildman–Crippen LogP) is 0.748. The third-order valence-corrected chi connectivity index (χ3v) is 8.68. The maximum Gasteiger partial charge on any atom is 0.240 e. The van der Waals surface area contributed by atoms with Crippen LogP contribution in [0.4, 0.5) is 0 Å². The summed E-state index contributed by atoms with van der Waals surface area (Å²) < 4.78 is 50.7. The van der Waals surface area contributed by atoms with E-state index in [0.29, 0.717) is 25.6 Å². The Bertz CT molecular complexity index is 907. The highest BCUT2D eigenvalue weighted by Gasteiger charge is 2.40. The summed E-state index contributed by atoms with van der Waals surface area (Å²) in [5.74, 6) is 0.671. The number of benzene rings is 1. The first kappa shape index (κ1) is 22.6. The highest BCUT2D eigenvalue weighted by atomic mass is 32.2. The van der Waals surface area contributed by atoms with Crippen molar-refractivity contribution in [2.45, 2.75) is 37.3 Å². The molecule has 0 unspecified atom stereocenters. The van der Waals surface area contributed by atoms with Crippen molar-refractivity contribution < 1.29 is 16.8 Å². The Morgan fingerprint density at radius 3 is 2.46 bits per heavy atom. The van der Waals surface area contributed by atoms with Crippen LogP contribution in [0.2, 0.25) is 0 Å². The largest absolute Gasteiger partial charge is 0.357 e. The number of nitrogens with zero attached hydrogens (tertiary/aromatic N) is 2. The SMILES string of the molecule is CCNC(=NCCNS(=O)(=O)c1ccc(C)cc1)N1CCS(=O)(=O)C(C)(C)C1. The topological polar surface area (TPSA) is 108 Å². The zero-order valence-corrected chi connectivity index (χ0v) is 18.5. The van der Waals surface area contributed by atoms with Crippen molar-refractivity contribution in [1.82, 2.24) is 14.9 Å². The second-order valence-electron chi connectivity index (χ2n) is 7.45. The predicted molar refractivity (Wildman–Crippen MR) is 112 cm³/mol. The molecule has 8 nitrogen and oxygen atoms in total. The molecule has 1 aromatic carbocycles. The molecule has 0 bridgehead atoms. The van der Waals surface area contributed by atoms with Crippen LogP contribution in [-0.4, -0.2) is 70.9 Å². The quantitative estimate of drug-likeness (QED) is 0.392. The van der Waals surface area contributed by atoms with Gasteiger partial charge in [-0.05, 0) is 39.8 Å². The molecular weight excluding hydrogens is 400 g/mol. The number of sulfone groups is 1. The van der Waals surface area contributed by atoms with Gasteiger partial charge in [-0.25, -0.2) is 21.6 Å². The van der Waals surface area contributed by atoms with Gasteiger partial charge in [-0.15, -0.1) is 0 Å². The molecule has 1 aliphatic rings. The molecule has 1 fully saturated rings. The van der Waals surface area contributed by atoms with E-state index < -0.39 is 24.6 Å². The van der Waals surface area contributed by atoms with Gasteiger partial charge in [0, 0.05) is 26.2 Å². The van der Waals surface area contributed by atoms with Crippen molar-refractivity contribution in [2.75, 3.05) is 38.5 Å². The molecule has 2 N–H and O–H groups in total. The van der Waals surface area contributed by atoms with Gasteiger partial charge in [0.25, 0.3) is 0 Å². The van der Waals surface area contributed by atoms with Crippen molar-refractivity contribution in [3.63, 3.8) is 0 Å². The smallest absolute Gasteiger partial charge is 0.240 e. The minimum Gasteiger partial charge on any atom is -0.357 e. The molecule has 0 saturated carbocycles. The summed E-state index contributed by atoms with van der Waals surface area (Å²) in [4.78, 5) is 6.61. The molecule has 28 heavy (non-hydrogen) atoms. The van der Waals surface area contributed by atoms with Gasteiger partial charge >= 0.3 is 0 Å². The minimum absolute atomic E-state index is 0.0739. The van der Waals surface area contributed by atoms with Gasteiger partial charge in [-0.3, -0.25) is 4.99 Å². The monoisotopic (exact) mass is 430 g/mol. The fraction of sp³-hybridized carbons (Fsp3) is 0.611. The Labute approximate surface area is 168 Å². The molecule has 2 rings (SSSR count). The average molecular weight is 431 g/mol. The van der Waals surface area contributed by atoms with Crippen LogP contribution in [0.15, 0.2) is 34.2 Å². The van der Waals surface area contributed by atoms with Crippen molar-refractivity contribution in [2.24, 2.45) is 4.99 Å². The van der Waals surface area contributed by atoms with Gasteiger partial charge in [-0.1, -0.05) is 17.7 Å². The third-order valence-electron chi connectivity index (χ3n) is 4.67. The lowest BCUT2D eigenvalue weighted by atomic mass is 10.2. The average Bonchev–Trinajstić information content (AvgIpc) is 2.60. The summed E-state index contributed by atoms with van der Waals surface area (Å²) in [5, 5.41) is 3.16. The molecule has 0 aromatic heterocycles. The molecule has 158 valence electrons. The molecule has 1 aromatic rings. The van der Waals surface area contributed by atoms with Crippen molar-refractivity contribution in [3.05, 3.63) is 29.8 Å². The number of guanidine groups is 1. The molecular formula is C18H30N4O4S2. The molecule has 0 spiro atoms. The van der Waals surface area contributed by atoms with Crippen LogP contribution < -0.4 is 10.0 Å². The molecule has 1 saturated heterocycles. The first-order valence-corrected chi connectivity index (χ1v) is 12.4. The number of nitrogens with one attached hydrogen (secondary N) is 2. The van der Waals surface area contributed by atoms with Crippen molar-refractivity contribution >= 4 is 25.8 Å². The number of hydrogen-bond acceptors (Lipinski definition) is 5. The van der Waals surface area contributed by atoms with E-state index in [0.717, 1.165) is 5.56 Å². The zero-order chi connectivity index (χ0) is 21.0. The van der Waals surface area contributed by atoms with Crippen molar-refractivity contribution in [3.8, 4) is 0 Å². The molecule has 10 heteroatoms. The Kier molecular flexibility index (Phi) is 7.11. The van der Waals surface area contributed by atoms with E-state index in [4.69, 9.17) is 0 Å². The third kappa shape index (κ3) is 5.45. The summed E-state index contributed by atoms with van der Waals surface area (Å²) >= 11 is 0. The van der Waals surface area contributed by atoms with E-state index in [2.05, 4.69) is 15.0 Å². The summed E-state index contributed by atoms with van der Waals surface area (Å²) in [6.07, 6.45) is 0. The Hall–Kier alpha value is -1.65. The van der Waals surface area contributed by atoms with E-state index in [-0.39, 0.29) is 23.7 Å². The Balaban J connectivity index is 2.00. The number of rotatable bonds is 6. The standard InChI is InChI=1S/C18H30N4O4S2/c1-5-19-17(22-12-13-27(23,24)18(3,4)14-22)20-10-11-21-28(25,26)16-8-6-15(2)7-9-16/h6-9,21H,5,10-14H2,1-4H3,(H,19,20). The minimum atomic E-state index is -3.58.